The van der Waals surface area contributed by atoms with Crippen molar-refractivity contribution in [3.8, 4) is 0 Å². The van der Waals surface area contributed by atoms with Crippen LogP contribution in [0, 0.1) is 11.8 Å². The summed E-state index contributed by atoms with van der Waals surface area (Å²) in [7, 11) is 0. The summed E-state index contributed by atoms with van der Waals surface area (Å²) in [5, 5.41) is 1.04. The number of rotatable bonds is 3. The van der Waals surface area contributed by atoms with Crippen LogP contribution in [0.1, 0.15) is 13.8 Å². The van der Waals surface area contributed by atoms with Crippen molar-refractivity contribution in [1.29, 1.82) is 0 Å². The molecule has 8 heavy (non-hydrogen) atoms. The number of halogens is 1. The second kappa shape index (κ2) is 4.13. The molecule has 0 aliphatic carbocycles. The van der Waals surface area contributed by atoms with Crippen LogP contribution in [0.2, 0.25) is 0 Å². The van der Waals surface area contributed by atoms with Crippen LogP contribution in [-0.4, -0.2) is 5.33 Å². The fourth-order valence-electron chi connectivity index (χ4n) is 0.513. The van der Waals surface area contributed by atoms with Gasteiger partial charge in [-0.3, -0.25) is 0 Å². The topological polar surface area (TPSA) is 0 Å². The molecule has 0 saturated heterocycles. The van der Waals surface area contributed by atoms with Gasteiger partial charge < -0.3 is 0 Å². The third kappa shape index (κ3) is 2.51. The van der Waals surface area contributed by atoms with E-state index in [1.165, 1.54) is 0 Å². The molecule has 0 heterocycles. The van der Waals surface area contributed by atoms with Gasteiger partial charge in [0.1, 0.15) is 0 Å². The van der Waals surface area contributed by atoms with Crippen LogP contribution >= 0.6 is 15.9 Å². The minimum Gasteiger partial charge on any atom is -0.103 e. The van der Waals surface area contributed by atoms with Gasteiger partial charge in [-0.1, -0.05) is 35.9 Å². The molecular weight excluding hydrogens is 164 g/mol. The Hall–Kier alpha value is 0.220. The van der Waals surface area contributed by atoms with Gasteiger partial charge in [0.25, 0.3) is 0 Å². The molecule has 0 rings (SSSR count). The van der Waals surface area contributed by atoms with Crippen molar-refractivity contribution in [2.75, 3.05) is 5.33 Å². The van der Waals surface area contributed by atoms with Crippen LogP contribution in [0.3, 0.4) is 0 Å². The Balaban J connectivity index is 3.51. The highest BCUT2D eigenvalue weighted by Gasteiger charge is 2.04. The molecule has 0 bridgehead atoms. The van der Waals surface area contributed by atoms with Crippen molar-refractivity contribution in [1.82, 2.24) is 0 Å². The molecule has 1 heteroatoms. The third-order valence-corrected chi connectivity index (χ3v) is 2.08. The Kier molecular flexibility index (Phi) is 4.25. The van der Waals surface area contributed by atoms with Crippen LogP contribution in [0.25, 0.3) is 0 Å². The van der Waals surface area contributed by atoms with Crippen molar-refractivity contribution < 1.29 is 0 Å². The van der Waals surface area contributed by atoms with Gasteiger partial charge in [-0.25, -0.2) is 0 Å². The zero-order valence-corrected chi connectivity index (χ0v) is 7.11. The fraction of sp³-hybridized carbons (Fsp3) is 0.714. The number of alkyl halides is 1. The largest absolute Gasteiger partial charge is 0.103 e. The molecule has 0 spiro atoms. The monoisotopic (exact) mass is 176 g/mol. The highest BCUT2D eigenvalue weighted by atomic mass is 79.9. The molecule has 0 aliphatic rings. The maximum atomic E-state index is 3.72. The van der Waals surface area contributed by atoms with Crippen LogP contribution in [0.5, 0.6) is 0 Å². The van der Waals surface area contributed by atoms with E-state index in [0.717, 1.165) is 5.33 Å². The van der Waals surface area contributed by atoms with E-state index in [0.29, 0.717) is 11.8 Å². The highest BCUT2D eigenvalue weighted by Crippen LogP contribution is 2.13. The lowest BCUT2D eigenvalue weighted by atomic mass is 9.99. The van der Waals surface area contributed by atoms with Gasteiger partial charge in [-0.2, -0.15) is 0 Å². The Morgan fingerprint density at radius 3 is 2.12 bits per heavy atom. The molecule has 0 aliphatic heterocycles. The lowest BCUT2D eigenvalue weighted by Crippen LogP contribution is -2.05. The summed E-state index contributed by atoms with van der Waals surface area (Å²) in [4.78, 5) is 0. The molecule has 0 aromatic rings. The second-order valence-corrected chi connectivity index (χ2v) is 2.95. The first-order valence-electron chi connectivity index (χ1n) is 2.91. The van der Waals surface area contributed by atoms with Gasteiger partial charge in [0.2, 0.25) is 0 Å². The van der Waals surface area contributed by atoms with Crippen LogP contribution in [0.15, 0.2) is 12.7 Å². The number of hydrogen-bond donors (Lipinski definition) is 0. The molecule has 0 fully saturated rings. The van der Waals surface area contributed by atoms with E-state index < -0.39 is 0 Å². The normalized spacial score (nSPS) is 14.0. The van der Waals surface area contributed by atoms with E-state index in [2.05, 4.69) is 36.4 Å². The Labute approximate surface area is 60.1 Å². The van der Waals surface area contributed by atoms with Crippen LogP contribution < -0.4 is 0 Å². The maximum absolute atomic E-state index is 3.72. The lowest BCUT2D eigenvalue weighted by molar-refractivity contribution is 0.515. The van der Waals surface area contributed by atoms with E-state index in [9.17, 15) is 0 Å². The summed E-state index contributed by atoms with van der Waals surface area (Å²) < 4.78 is 0. The van der Waals surface area contributed by atoms with Crippen molar-refractivity contribution in [3.05, 3.63) is 12.7 Å². The average molecular weight is 177 g/mol. The number of hydrogen-bond acceptors (Lipinski definition) is 0. The quantitative estimate of drug-likeness (QED) is 0.459. The third-order valence-electron chi connectivity index (χ3n) is 1.34. The Bertz CT molecular complexity index is 66.8. The fourth-order valence-corrected chi connectivity index (χ4v) is 1.53. The Morgan fingerprint density at radius 2 is 2.12 bits per heavy atom. The van der Waals surface area contributed by atoms with Crippen LogP contribution in [-0.2, 0) is 0 Å². The van der Waals surface area contributed by atoms with Gasteiger partial charge in [-0.05, 0) is 11.8 Å². The molecule has 1 atom stereocenters. The molecule has 48 valence electrons. The van der Waals surface area contributed by atoms with E-state index in [1.807, 2.05) is 6.08 Å². The summed E-state index contributed by atoms with van der Waals surface area (Å²) in [6.45, 7) is 8.13. The van der Waals surface area contributed by atoms with E-state index in [4.69, 9.17) is 0 Å². The zero-order valence-electron chi connectivity index (χ0n) is 5.52. The summed E-state index contributed by atoms with van der Waals surface area (Å²) in [6.07, 6.45) is 2.00. The van der Waals surface area contributed by atoms with Gasteiger partial charge in [0.15, 0.2) is 0 Å². The predicted octanol–water partition coefficient (Wildman–Crippen LogP) is 2.84. The molecule has 0 N–H and O–H groups in total. The lowest BCUT2D eigenvalue weighted by Gasteiger charge is -2.11. The Morgan fingerprint density at radius 1 is 1.62 bits per heavy atom. The van der Waals surface area contributed by atoms with Crippen LogP contribution in [0.4, 0.5) is 0 Å². The minimum atomic E-state index is 0.634. The molecule has 0 saturated carbocycles. The van der Waals surface area contributed by atoms with Crippen molar-refractivity contribution in [2.45, 2.75) is 13.8 Å². The zero-order chi connectivity index (χ0) is 6.57. The summed E-state index contributed by atoms with van der Waals surface area (Å²) in [6, 6.07) is 0. The standard InChI is InChI=1S/C7H13Br/c1-4-7(5-8)6(2)3/h4,6-7H,1,5H2,2-3H3/t7-/m0/s1. The molecule has 0 nitrogen and oxygen atoms in total. The van der Waals surface area contributed by atoms with E-state index >= 15 is 0 Å². The first kappa shape index (κ1) is 8.22. The maximum Gasteiger partial charge on any atom is 0.00966 e. The summed E-state index contributed by atoms with van der Waals surface area (Å²) in [5.74, 6) is 1.35. The second-order valence-electron chi connectivity index (χ2n) is 2.30. The smallest absolute Gasteiger partial charge is 0.00966 e. The molecule has 0 radical (unpaired) electrons. The first-order chi connectivity index (χ1) is 3.72. The molecule has 0 amide bonds. The highest BCUT2D eigenvalue weighted by molar-refractivity contribution is 9.09. The van der Waals surface area contributed by atoms with Gasteiger partial charge >= 0.3 is 0 Å². The molecule has 0 aromatic carbocycles. The van der Waals surface area contributed by atoms with Gasteiger partial charge in [0, 0.05) is 5.33 Å². The van der Waals surface area contributed by atoms with Gasteiger partial charge in [0.05, 0.1) is 0 Å². The number of allylic oxidation sites excluding steroid dienone is 1. The van der Waals surface area contributed by atoms with Gasteiger partial charge in [-0.15, -0.1) is 6.58 Å². The van der Waals surface area contributed by atoms with Crippen molar-refractivity contribution in [3.63, 3.8) is 0 Å². The van der Waals surface area contributed by atoms with Crippen molar-refractivity contribution >= 4 is 15.9 Å². The predicted molar refractivity (Wildman–Crippen MR) is 42.3 cm³/mol. The summed E-state index contributed by atoms with van der Waals surface area (Å²) >= 11 is 3.41. The molecule has 0 aromatic heterocycles. The first-order valence-corrected chi connectivity index (χ1v) is 4.03. The average Bonchev–Trinajstić information content (AvgIpc) is 1.69. The molecule has 0 unspecified atom stereocenters. The molecular formula is C7H13Br. The van der Waals surface area contributed by atoms with E-state index in [1.54, 1.807) is 0 Å². The SMILES string of the molecule is C=C[C@@H](CBr)C(C)C. The van der Waals surface area contributed by atoms with E-state index in [-0.39, 0.29) is 0 Å². The minimum absolute atomic E-state index is 0.634. The summed E-state index contributed by atoms with van der Waals surface area (Å²) in [5.41, 5.74) is 0. The van der Waals surface area contributed by atoms with Crippen molar-refractivity contribution in [2.24, 2.45) is 11.8 Å².